The summed E-state index contributed by atoms with van der Waals surface area (Å²) in [5.41, 5.74) is 6.32. The Morgan fingerprint density at radius 1 is 1.60 bits per heavy atom. The van der Waals surface area contributed by atoms with Gasteiger partial charge in [0.05, 0.1) is 31.1 Å². The third-order valence-electron chi connectivity index (χ3n) is 2.62. The van der Waals surface area contributed by atoms with Crippen LogP contribution in [0.3, 0.4) is 0 Å². The zero-order chi connectivity index (χ0) is 10.7. The molecule has 1 aliphatic heterocycles. The molecule has 2 N–H and O–H groups in total. The Morgan fingerprint density at radius 2 is 2.47 bits per heavy atom. The second-order valence-corrected chi connectivity index (χ2v) is 4.02. The van der Waals surface area contributed by atoms with Gasteiger partial charge in [0.2, 0.25) is 0 Å². The maximum Gasteiger partial charge on any atom is 0.0719 e. The first-order valence-electron chi connectivity index (χ1n) is 5.36. The van der Waals surface area contributed by atoms with Crippen molar-refractivity contribution in [2.24, 2.45) is 0 Å². The van der Waals surface area contributed by atoms with Gasteiger partial charge in [-0.2, -0.15) is 5.10 Å². The Bertz CT molecular complexity index is 312. The number of aromatic nitrogens is 2. The van der Waals surface area contributed by atoms with Gasteiger partial charge in [0, 0.05) is 25.8 Å². The molecule has 2 heterocycles. The van der Waals surface area contributed by atoms with Crippen molar-refractivity contribution in [3.05, 3.63) is 12.4 Å². The van der Waals surface area contributed by atoms with Gasteiger partial charge in [-0.25, -0.2) is 0 Å². The van der Waals surface area contributed by atoms with Crippen LogP contribution in [0.1, 0.15) is 6.92 Å². The summed E-state index contributed by atoms with van der Waals surface area (Å²) in [7, 11) is 0. The van der Waals surface area contributed by atoms with E-state index in [-0.39, 0.29) is 0 Å². The molecule has 1 saturated heterocycles. The lowest BCUT2D eigenvalue weighted by molar-refractivity contribution is -0.0193. The normalized spacial score (nSPS) is 23.1. The number of nitrogens with two attached hydrogens (primary N) is 1. The molecular formula is C10H18N4O. The van der Waals surface area contributed by atoms with Crippen LogP contribution in [0.5, 0.6) is 0 Å². The number of ether oxygens (including phenoxy) is 1. The summed E-state index contributed by atoms with van der Waals surface area (Å²) in [5, 5.41) is 4.15. The summed E-state index contributed by atoms with van der Waals surface area (Å²) < 4.78 is 7.36. The number of anilines is 1. The van der Waals surface area contributed by atoms with Crippen LogP contribution in [0, 0.1) is 0 Å². The number of morpholine rings is 1. The smallest absolute Gasteiger partial charge is 0.0719 e. The molecule has 0 radical (unpaired) electrons. The second-order valence-electron chi connectivity index (χ2n) is 4.02. The van der Waals surface area contributed by atoms with Crippen molar-refractivity contribution in [3.63, 3.8) is 0 Å². The fourth-order valence-corrected chi connectivity index (χ4v) is 1.84. The van der Waals surface area contributed by atoms with Gasteiger partial charge >= 0.3 is 0 Å². The first-order chi connectivity index (χ1) is 7.24. The minimum Gasteiger partial charge on any atom is -0.396 e. The highest BCUT2D eigenvalue weighted by molar-refractivity contribution is 5.30. The van der Waals surface area contributed by atoms with Crippen molar-refractivity contribution < 1.29 is 4.74 Å². The van der Waals surface area contributed by atoms with Crippen LogP contribution in [-0.4, -0.2) is 47.0 Å². The van der Waals surface area contributed by atoms with E-state index in [2.05, 4.69) is 16.9 Å². The average molecular weight is 210 g/mol. The Morgan fingerprint density at radius 3 is 3.13 bits per heavy atom. The van der Waals surface area contributed by atoms with E-state index in [1.807, 2.05) is 10.9 Å². The number of hydrogen-bond acceptors (Lipinski definition) is 4. The molecule has 2 rings (SSSR count). The van der Waals surface area contributed by atoms with Crippen LogP contribution in [0.4, 0.5) is 5.69 Å². The van der Waals surface area contributed by atoms with Gasteiger partial charge in [-0.15, -0.1) is 0 Å². The number of rotatable bonds is 3. The fraction of sp³-hybridized carbons (Fsp3) is 0.700. The molecule has 0 bridgehead atoms. The van der Waals surface area contributed by atoms with Gasteiger partial charge in [-0.05, 0) is 6.92 Å². The molecular weight excluding hydrogens is 192 g/mol. The van der Waals surface area contributed by atoms with Crippen LogP contribution in [-0.2, 0) is 11.3 Å². The summed E-state index contributed by atoms with van der Waals surface area (Å²) >= 11 is 0. The minimum atomic E-state index is 0.349. The number of nitrogen functional groups attached to an aromatic ring is 1. The molecule has 0 aliphatic carbocycles. The number of hydrogen-bond donors (Lipinski definition) is 1. The van der Waals surface area contributed by atoms with Crippen LogP contribution >= 0.6 is 0 Å². The molecule has 1 aliphatic rings. The SMILES string of the molecule is CC1CN(CCn2cc(N)cn2)CCO1. The van der Waals surface area contributed by atoms with Gasteiger partial charge in [0.1, 0.15) is 0 Å². The van der Waals surface area contributed by atoms with E-state index in [9.17, 15) is 0 Å². The lowest BCUT2D eigenvalue weighted by Gasteiger charge is -2.30. The largest absolute Gasteiger partial charge is 0.396 e. The third kappa shape index (κ3) is 2.94. The van der Waals surface area contributed by atoms with Crippen molar-refractivity contribution >= 4 is 5.69 Å². The summed E-state index contributed by atoms with van der Waals surface area (Å²) in [6, 6.07) is 0. The summed E-state index contributed by atoms with van der Waals surface area (Å²) in [6.45, 7) is 6.87. The molecule has 1 fully saturated rings. The highest BCUT2D eigenvalue weighted by atomic mass is 16.5. The molecule has 1 aromatic heterocycles. The zero-order valence-electron chi connectivity index (χ0n) is 9.09. The van der Waals surface area contributed by atoms with Crippen molar-refractivity contribution in [2.45, 2.75) is 19.6 Å². The molecule has 5 nitrogen and oxygen atoms in total. The van der Waals surface area contributed by atoms with Gasteiger partial charge in [-0.3, -0.25) is 9.58 Å². The first kappa shape index (κ1) is 10.4. The van der Waals surface area contributed by atoms with E-state index in [0.717, 1.165) is 38.5 Å². The molecule has 5 heteroatoms. The van der Waals surface area contributed by atoms with E-state index in [0.29, 0.717) is 6.10 Å². The third-order valence-corrected chi connectivity index (χ3v) is 2.62. The van der Waals surface area contributed by atoms with Crippen LogP contribution in [0.2, 0.25) is 0 Å². The summed E-state index contributed by atoms with van der Waals surface area (Å²) in [6.07, 6.45) is 3.90. The monoisotopic (exact) mass is 210 g/mol. The van der Waals surface area contributed by atoms with Crippen molar-refractivity contribution in [1.82, 2.24) is 14.7 Å². The quantitative estimate of drug-likeness (QED) is 0.773. The van der Waals surface area contributed by atoms with E-state index in [1.54, 1.807) is 6.20 Å². The highest BCUT2D eigenvalue weighted by Gasteiger charge is 2.15. The summed E-state index contributed by atoms with van der Waals surface area (Å²) in [5.74, 6) is 0. The molecule has 84 valence electrons. The molecule has 0 spiro atoms. The van der Waals surface area contributed by atoms with Crippen LogP contribution in [0.15, 0.2) is 12.4 Å². The van der Waals surface area contributed by atoms with Gasteiger partial charge in [-0.1, -0.05) is 0 Å². The average Bonchev–Trinajstić information content (AvgIpc) is 2.62. The zero-order valence-corrected chi connectivity index (χ0v) is 9.09. The molecule has 0 amide bonds. The summed E-state index contributed by atoms with van der Waals surface area (Å²) in [4.78, 5) is 2.39. The van der Waals surface area contributed by atoms with Crippen molar-refractivity contribution in [3.8, 4) is 0 Å². The Labute approximate surface area is 89.8 Å². The number of nitrogens with zero attached hydrogens (tertiary/aromatic N) is 3. The Kier molecular flexibility index (Phi) is 3.23. The van der Waals surface area contributed by atoms with Crippen molar-refractivity contribution in [2.75, 3.05) is 32.0 Å². The maximum atomic E-state index is 5.59. The molecule has 0 aromatic carbocycles. The van der Waals surface area contributed by atoms with Gasteiger partial charge < -0.3 is 10.5 Å². The standard InChI is InChI=1S/C10H18N4O/c1-9-7-13(4-5-15-9)2-3-14-8-10(11)6-12-14/h6,8-9H,2-5,7,11H2,1H3. The topological polar surface area (TPSA) is 56.3 Å². The molecule has 1 aromatic rings. The fourth-order valence-electron chi connectivity index (χ4n) is 1.84. The van der Waals surface area contributed by atoms with E-state index < -0.39 is 0 Å². The van der Waals surface area contributed by atoms with E-state index >= 15 is 0 Å². The predicted molar refractivity (Wildman–Crippen MR) is 58.5 cm³/mol. The molecule has 1 unspecified atom stereocenters. The second kappa shape index (κ2) is 4.63. The van der Waals surface area contributed by atoms with Crippen LogP contribution < -0.4 is 5.73 Å². The lowest BCUT2D eigenvalue weighted by atomic mass is 10.3. The molecule has 0 saturated carbocycles. The van der Waals surface area contributed by atoms with Gasteiger partial charge in [0.25, 0.3) is 0 Å². The highest BCUT2D eigenvalue weighted by Crippen LogP contribution is 2.04. The maximum absolute atomic E-state index is 5.59. The van der Waals surface area contributed by atoms with Crippen LogP contribution in [0.25, 0.3) is 0 Å². The molecule has 1 atom stereocenters. The Hall–Kier alpha value is -1.07. The van der Waals surface area contributed by atoms with E-state index in [1.165, 1.54) is 0 Å². The van der Waals surface area contributed by atoms with Gasteiger partial charge in [0.15, 0.2) is 0 Å². The lowest BCUT2D eigenvalue weighted by Crippen LogP contribution is -2.42. The first-order valence-corrected chi connectivity index (χ1v) is 5.36. The predicted octanol–water partition coefficient (Wildman–Crippen LogP) is 0.186. The van der Waals surface area contributed by atoms with E-state index in [4.69, 9.17) is 10.5 Å². The Balaban J connectivity index is 1.77. The minimum absolute atomic E-state index is 0.349. The van der Waals surface area contributed by atoms with Crippen molar-refractivity contribution in [1.29, 1.82) is 0 Å². The molecule has 15 heavy (non-hydrogen) atoms.